The lowest BCUT2D eigenvalue weighted by atomic mass is 9.99. The molecule has 0 unspecified atom stereocenters. The minimum Gasteiger partial charge on any atom is -0.369 e. The first-order chi connectivity index (χ1) is 15.1. The Hall–Kier alpha value is -3.58. The van der Waals surface area contributed by atoms with E-state index in [1.807, 2.05) is 89.5 Å². The monoisotopic (exact) mass is 430 g/mol. The van der Waals surface area contributed by atoms with Gasteiger partial charge in [-0.1, -0.05) is 84.6 Å². The highest BCUT2D eigenvalue weighted by Gasteiger charge is 2.19. The maximum absolute atomic E-state index is 13.1. The van der Waals surface area contributed by atoms with Crippen LogP contribution < -0.4 is 11.1 Å². The zero-order valence-corrected chi connectivity index (χ0v) is 17.6. The third kappa shape index (κ3) is 4.95. The Bertz CT molecular complexity index is 1150. The number of primary amides is 1. The predicted octanol–water partition coefficient (Wildman–Crippen LogP) is 3.52. The van der Waals surface area contributed by atoms with Crippen LogP contribution in [0.15, 0.2) is 90.1 Å². The number of hydrogen-bond acceptors (Lipinski definition) is 4. The zero-order chi connectivity index (χ0) is 21.6. The van der Waals surface area contributed by atoms with Crippen molar-refractivity contribution in [2.45, 2.75) is 17.7 Å². The van der Waals surface area contributed by atoms with Crippen molar-refractivity contribution in [2.24, 2.45) is 5.73 Å². The average Bonchev–Trinajstić information content (AvgIpc) is 3.14. The van der Waals surface area contributed by atoms with Crippen LogP contribution in [0.1, 0.15) is 17.2 Å². The van der Waals surface area contributed by atoms with E-state index >= 15 is 0 Å². The van der Waals surface area contributed by atoms with Crippen molar-refractivity contribution >= 4 is 34.6 Å². The number of thioether (sulfide) groups is 1. The number of hydrogen-bond donors (Lipinski definition) is 2. The van der Waals surface area contributed by atoms with Crippen molar-refractivity contribution in [1.82, 2.24) is 14.9 Å². The van der Waals surface area contributed by atoms with Gasteiger partial charge in [-0.3, -0.25) is 9.59 Å². The summed E-state index contributed by atoms with van der Waals surface area (Å²) < 4.78 is 1.82. The summed E-state index contributed by atoms with van der Waals surface area (Å²) in [7, 11) is 0. The summed E-state index contributed by atoms with van der Waals surface area (Å²) in [5.41, 5.74) is 8.91. The number of rotatable bonds is 8. The summed E-state index contributed by atoms with van der Waals surface area (Å²) in [6.07, 6.45) is 0. The van der Waals surface area contributed by atoms with E-state index in [4.69, 9.17) is 5.73 Å². The van der Waals surface area contributed by atoms with E-state index in [9.17, 15) is 9.59 Å². The lowest BCUT2D eigenvalue weighted by Gasteiger charge is -2.20. The van der Waals surface area contributed by atoms with Crippen LogP contribution in [0.25, 0.3) is 11.0 Å². The molecular formula is C24H22N4O2S. The van der Waals surface area contributed by atoms with Gasteiger partial charge in [0.05, 0.1) is 22.8 Å². The maximum atomic E-state index is 13.1. The third-order valence-corrected chi connectivity index (χ3v) is 5.83. The largest absolute Gasteiger partial charge is 0.369 e. The number of nitrogens with two attached hydrogens (primary N) is 1. The summed E-state index contributed by atoms with van der Waals surface area (Å²) >= 11 is 1.23. The third-order valence-electron chi connectivity index (χ3n) is 4.84. The van der Waals surface area contributed by atoms with Crippen LogP contribution in [0.5, 0.6) is 0 Å². The molecule has 0 fully saturated rings. The summed E-state index contributed by atoms with van der Waals surface area (Å²) in [4.78, 5) is 29.0. The molecule has 0 radical (unpaired) electrons. The highest BCUT2D eigenvalue weighted by atomic mass is 32.2. The molecular weight excluding hydrogens is 408 g/mol. The van der Waals surface area contributed by atoms with Crippen LogP contribution in [0.3, 0.4) is 0 Å². The maximum Gasteiger partial charge on any atom is 0.240 e. The number of imidazole rings is 1. The SMILES string of the molecule is NC(=O)CSc1nc2ccccc2n1CC(=O)NC(c1ccccc1)c1ccccc1. The van der Waals surface area contributed by atoms with Crippen LogP contribution in [0.2, 0.25) is 0 Å². The number of amides is 2. The van der Waals surface area contributed by atoms with Gasteiger partial charge in [0.2, 0.25) is 11.8 Å². The molecule has 0 atom stereocenters. The fourth-order valence-electron chi connectivity index (χ4n) is 3.45. The number of nitrogens with one attached hydrogen (secondary N) is 1. The molecule has 1 heterocycles. The van der Waals surface area contributed by atoms with Gasteiger partial charge in [-0.15, -0.1) is 0 Å². The van der Waals surface area contributed by atoms with Crippen LogP contribution >= 0.6 is 11.8 Å². The lowest BCUT2D eigenvalue weighted by Crippen LogP contribution is -2.32. The Morgan fingerprint density at radius 1 is 0.903 bits per heavy atom. The van der Waals surface area contributed by atoms with Crippen LogP contribution in [0.4, 0.5) is 0 Å². The first-order valence-corrected chi connectivity index (χ1v) is 10.9. The minimum absolute atomic E-state index is 0.0811. The van der Waals surface area contributed by atoms with Crippen molar-refractivity contribution in [3.63, 3.8) is 0 Å². The number of para-hydroxylation sites is 2. The van der Waals surface area contributed by atoms with Crippen molar-refractivity contribution in [3.8, 4) is 0 Å². The average molecular weight is 431 g/mol. The van der Waals surface area contributed by atoms with E-state index < -0.39 is 5.91 Å². The van der Waals surface area contributed by atoms with E-state index in [-0.39, 0.29) is 24.2 Å². The second-order valence-corrected chi connectivity index (χ2v) is 7.99. The number of benzene rings is 3. The standard InChI is InChI=1S/C24H22N4O2S/c25-21(29)16-31-24-26-19-13-7-8-14-20(19)28(24)15-22(30)27-23(17-9-3-1-4-10-17)18-11-5-2-6-12-18/h1-14,23H,15-16H2,(H2,25,29)(H,27,30). The molecule has 0 aliphatic carbocycles. The molecule has 0 aliphatic heterocycles. The topological polar surface area (TPSA) is 90.0 Å². The molecule has 2 amide bonds. The molecule has 156 valence electrons. The molecule has 3 aromatic carbocycles. The Morgan fingerprint density at radius 3 is 2.10 bits per heavy atom. The molecule has 0 aliphatic rings. The van der Waals surface area contributed by atoms with Gasteiger partial charge in [-0.05, 0) is 23.3 Å². The second-order valence-electron chi connectivity index (χ2n) is 7.05. The number of nitrogens with zero attached hydrogens (tertiary/aromatic N) is 2. The van der Waals surface area contributed by atoms with Gasteiger partial charge in [0.1, 0.15) is 6.54 Å². The van der Waals surface area contributed by atoms with E-state index in [2.05, 4.69) is 10.3 Å². The summed E-state index contributed by atoms with van der Waals surface area (Å²) in [5.74, 6) is -0.482. The Labute approximate surface area is 184 Å². The molecule has 4 rings (SSSR count). The molecule has 0 saturated heterocycles. The van der Waals surface area contributed by atoms with E-state index in [0.717, 1.165) is 22.2 Å². The molecule has 0 spiro atoms. The quantitative estimate of drug-likeness (QED) is 0.419. The van der Waals surface area contributed by atoms with E-state index in [0.29, 0.717) is 5.16 Å². The highest BCUT2D eigenvalue weighted by molar-refractivity contribution is 7.99. The van der Waals surface area contributed by atoms with Crippen LogP contribution in [-0.4, -0.2) is 27.1 Å². The first-order valence-electron chi connectivity index (χ1n) is 9.87. The Kier molecular flexibility index (Phi) is 6.33. The first kappa shape index (κ1) is 20.7. The molecule has 4 aromatic rings. The second kappa shape index (κ2) is 9.49. The molecule has 1 aromatic heterocycles. The normalized spacial score (nSPS) is 11.0. The van der Waals surface area contributed by atoms with Crippen molar-refractivity contribution < 1.29 is 9.59 Å². The zero-order valence-electron chi connectivity index (χ0n) is 16.8. The molecule has 6 nitrogen and oxygen atoms in total. The van der Waals surface area contributed by atoms with Crippen LogP contribution in [-0.2, 0) is 16.1 Å². The van der Waals surface area contributed by atoms with Gasteiger partial charge < -0.3 is 15.6 Å². The minimum atomic E-state index is -0.429. The summed E-state index contributed by atoms with van der Waals surface area (Å²) in [5, 5.41) is 3.75. The van der Waals surface area contributed by atoms with Gasteiger partial charge >= 0.3 is 0 Å². The van der Waals surface area contributed by atoms with Crippen molar-refractivity contribution in [3.05, 3.63) is 96.1 Å². The van der Waals surface area contributed by atoms with Crippen LogP contribution in [0, 0.1) is 0 Å². The molecule has 31 heavy (non-hydrogen) atoms. The van der Waals surface area contributed by atoms with Gasteiger partial charge in [0, 0.05) is 0 Å². The summed E-state index contributed by atoms with van der Waals surface area (Å²) in [6, 6.07) is 27.0. The fraction of sp³-hybridized carbons (Fsp3) is 0.125. The van der Waals surface area contributed by atoms with E-state index in [1.54, 1.807) is 0 Å². The molecule has 0 saturated carbocycles. The van der Waals surface area contributed by atoms with Gasteiger partial charge in [0.15, 0.2) is 5.16 Å². The summed E-state index contributed by atoms with van der Waals surface area (Å²) in [6.45, 7) is 0.0811. The van der Waals surface area contributed by atoms with Gasteiger partial charge in [-0.25, -0.2) is 4.98 Å². The Morgan fingerprint density at radius 2 is 1.48 bits per heavy atom. The predicted molar refractivity (Wildman–Crippen MR) is 123 cm³/mol. The lowest BCUT2D eigenvalue weighted by molar-refractivity contribution is -0.122. The smallest absolute Gasteiger partial charge is 0.240 e. The number of aromatic nitrogens is 2. The van der Waals surface area contributed by atoms with Crippen molar-refractivity contribution in [2.75, 3.05) is 5.75 Å². The number of carbonyl (C=O) groups is 2. The van der Waals surface area contributed by atoms with E-state index in [1.165, 1.54) is 11.8 Å². The van der Waals surface area contributed by atoms with Gasteiger partial charge in [0.25, 0.3) is 0 Å². The Balaban J connectivity index is 1.62. The molecule has 0 bridgehead atoms. The number of fused-ring (bicyclic) bond motifs is 1. The molecule has 3 N–H and O–H groups in total. The van der Waals surface area contributed by atoms with Gasteiger partial charge in [-0.2, -0.15) is 0 Å². The highest BCUT2D eigenvalue weighted by Crippen LogP contribution is 2.25. The molecule has 7 heteroatoms. The fourth-order valence-corrected chi connectivity index (χ4v) is 4.21. The van der Waals surface area contributed by atoms with Crippen molar-refractivity contribution in [1.29, 1.82) is 0 Å². The number of carbonyl (C=O) groups excluding carboxylic acids is 2.